The Labute approximate surface area is 141 Å². The minimum absolute atomic E-state index is 0.0167. The largest absolute Gasteiger partial charge is 0.355 e. The van der Waals surface area contributed by atoms with E-state index in [1.165, 1.54) is 22.5 Å². The first kappa shape index (κ1) is 17.3. The van der Waals surface area contributed by atoms with Crippen LogP contribution < -0.4 is 5.32 Å². The molecule has 2 aromatic carbocycles. The van der Waals surface area contributed by atoms with E-state index in [4.69, 9.17) is 0 Å². The summed E-state index contributed by atoms with van der Waals surface area (Å²) in [6.07, 6.45) is 0. The molecule has 1 N–H and O–H groups in total. The van der Waals surface area contributed by atoms with Crippen LogP contribution in [0.2, 0.25) is 0 Å². The highest BCUT2D eigenvalue weighted by molar-refractivity contribution is 8.00. The van der Waals surface area contributed by atoms with Gasteiger partial charge >= 0.3 is 0 Å². The van der Waals surface area contributed by atoms with Crippen LogP contribution in [0.1, 0.15) is 13.8 Å². The number of amides is 2. The first-order valence-corrected chi connectivity index (χ1v) is 8.78. The van der Waals surface area contributed by atoms with Gasteiger partial charge in [-0.05, 0) is 36.8 Å². The molecule has 0 atom stereocenters. The van der Waals surface area contributed by atoms with Gasteiger partial charge in [0.2, 0.25) is 11.8 Å². The summed E-state index contributed by atoms with van der Waals surface area (Å²) in [5.74, 6) is 0.210. The molecule has 2 rings (SSSR count). The Morgan fingerprint density at radius 1 is 1.09 bits per heavy atom. The van der Waals surface area contributed by atoms with Crippen molar-refractivity contribution in [3.8, 4) is 0 Å². The molecule has 0 aliphatic rings. The van der Waals surface area contributed by atoms with Crippen LogP contribution in [-0.2, 0) is 9.59 Å². The minimum atomic E-state index is -0.113. The number of hydrogen-bond donors (Lipinski definition) is 1. The van der Waals surface area contributed by atoms with E-state index in [0.717, 1.165) is 4.90 Å². The lowest BCUT2D eigenvalue weighted by Gasteiger charge is -2.20. The van der Waals surface area contributed by atoms with Crippen molar-refractivity contribution in [3.05, 3.63) is 42.5 Å². The van der Waals surface area contributed by atoms with E-state index in [1.54, 1.807) is 4.90 Å². The summed E-state index contributed by atoms with van der Waals surface area (Å²) in [5.41, 5.74) is 0. The molecular weight excluding hydrogens is 308 g/mol. The van der Waals surface area contributed by atoms with Gasteiger partial charge in [0, 0.05) is 18.0 Å². The molecular formula is C18H22N2O2S. The van der Waals surface area contributed by atoms with Gasteiger partial charge in [0.15, 0.2) is 0 Å². The normalized spacial score (nSPS) is 10.5. The highest BCUT2D eigenvalue weighted by atomic mass is 32.2. The number of hydrogen-bond acceptors (Lipinski definition) is 3. The van der Waals surface area contributed by atoms with Gasteiger partial charge in [-0.15, -0.1) is 11.8 Å². The number of thioether (sulfide) groups is 1. The molecule has 0 radical (unpaired) electrons. The van der Waals surface area contributed by atoms with E-state index >= 15 is 0 Å². The molecule has 0 aromatic heterocycles. The number of fused-ring (bicyclic) bond motifs is 1. The molecule has 122 valence electrons. The summed E-state index contributed by atoms with van der Waals surface area (Å²) in [4.78, 5) is 26.5. The zero-order valence-corrected chi connectivity index (χ0v) is 14.4. The number of nitrogens with zero attached hydrogens (tertiary/aromatic N) is 1. The second-order valence-corrected chi connectivity index (χ2v) is 6.21. The monoisotopic (exact) mass is 330 g/mol. The Bertz CT molecular complexity index is 688. The summed E-state index contributed by atoms with van der Waals surface area (Å²) < 4.78 is 0. The minimum Gasteiger partial charge on any atom is -0.355 e. The van der Waals surface area contributed by atoms with Gasteiger partial charge < -0.3 is 10.2 Å². The molecule has 0 aliphatic heterocycles. The Balaban J connectivity index is 1.94. The van der Waals surface area contributed by atoms with Crippen molar-refractivity contribution >= 4 is 34.3 Å². The Morgan fingerprint density at radius 2 is 1.83 bits per heavy atom. The first-order chi connectivity index (χ1) is 11.1. The smallest absolute Gasteiger partial charge is 0.239 e. The van der Waals surface area contributed by atoms with E-state index in [9.17, 15) is 9.59 Å². The lowest BCUT2D eigenvalue weighted by Crippen LogP contribution is -2.41. The topological polar surface area (TPSA) is 49.4 Å². The maximum absolute atomic E-state index is 12.3. The van der Waals surface area contributed by atoms with Crippen molar-refractivity contribution in [1.29, 1.82) is 0 Å². The molecule has 0 spiro atoms. The first-order valence-electron chi connectivity index (χ1n) is 7.80. The predicted octanol–water partition coefficient (Wildman–Crippen LogP) is 2.92. The average molecular weight is 330 g/mol. The highest BCUT2D eigenvalue weighted by Gasteiger charge is 2.15. The van der Waals surface area contributed by atoms with Crippen molar-refractivity contribution in [3.63, 3.8) is 0 Å². The number of carbonyl (C=O) groups is 2. The molecule has 0 heterocycles. The number of nitrogens with one attached hydrogen (secondary N) is 1. The maximum Gasteiger partial charge on any atom is 0.239 e. The molecule has 0 saturated carbocycles. The lowest BCUT2D eigenvalue weighted by atomic mass is 10.1. The number of benzene rings is 2. The van der Waals surface area contributed by atoms with Crippen LogP contribution in [0.25, 0.3) is 10.8 Å². The van der Waals surface area contributed by atoms with Crippen LogP contribution in [0.5, 0.6) is 0 Å². The third kappa shape index (κ3) is 4.99. The van der Waals surface area contributed by atoms with Gasteiger partial charge in [-0.25, -0.2) is 0 Å². The highest BCUT2D eigenvalue weighted by Crippen LogP contribution is 2.23. The van der Waals surface area contributed by atoms with Gasteiger partial charge in [0.25, 0.3) is 0 Å². The molecule has 0 aliphatic carbocycles. The van der Waals surface area contributed by atoms with E-state index in [0.29, 0.717) is 18.8 Å². The van der Waals surface area contributed by atoms with Crippen LogP contribution in [-0.4, -0.2) is 42.1 Å². The molecule has 0 unspecified atom stereocenters. The Kier molecular flexibility index (Phi) is 6.47. The van der Waals surface area contributed by atoms with Crippen LogP contribution in [0.4, 0.5) is 0 Å². The van der Waals surface area contributed by atoms with Crippen molar-refractivity contribution in [2.45, 2.75) is 18.7 Å². The third-order valence-corrected chi connectivity index (χ3v) is 4.50. The Hall–Kier alpha value is -2.01. The predicted molar refractivity (Wildman–Crippen MR) is 95.6 cm³/mol. The zero-order chi connectivity index (χ0) is 16.7. The molecule has 0 fully saturated rings. The van der Waals surface area contributed by atoms with E-state index in [-0.39, 0.29) is 18.4 Å². The SMILES string of the molecule is CCNC(=O)CN(CC)C(=O)CSc1ccc2ccccc2c1. The summed E-state index contributed by atoms with van der Waals surface area (Å²) in [6.45, 7) is 5.00. The van der Waals surface area contributed by atoms with E-state index in [1.807, 2.05) is 32.0 Å². The fraction of sp³-hybridized carbons (Fsp3) is 0.333. The number of likely N-dealkylation sites (N-methyl/N-ethyl adjacent to an activating group) is 2. The van der Waals surface area contributed by atoms with Crippen molar-refractivity contribution in [1.82, 2.24) is 10.2 Å². The van der Waals surface area contributed by atoms with Gasteiger partial charge in [-0.1, -0.05) is 30.3 Å². The molecule has 0 bridgehead atoms. The van der Waals surface area contributed by atoms with E-state index < -0.39 is 0 Å². The maximum atomic E-state index is 12.3. The molecule has 5 heteroatoms. The average Bonchev–Trinajstić information content (AvgIpc) is 2.57. The van der Waals surface area contributed by atoms with Gasteiger partial charge in [-0.3, -0.25) is 9.59 Å². The Morgan fingerprint density at radius 3 is 2.52 bits per heavy atom. The second kappa shape index (κ2) is 8.58. The standard InChI is InChI=1S/C18H22N2O2S/c1-3-19-17(21)12-20(4-2)18(22)13-23-16-10-9-14-7-5-6-8-15(14)11-16/h5-11H,3-4,12-13H2,1-2H3,(H,19,21). The molecule has 2 amide bonds. The van der Waals surface area contributed by atoms with Gasteiger partial charge in [-0.2, -0.15) is 0 Å². The van der Waals surface area contributed by atoms with Crippen molar-refractivity contribution in [2.75, 3.05) is 25.4 Å². The fourth-order valence-corrected chi connectivity index (χ4v) is 3.14. The van der Waals surface area contributed by atoms with Crippen molar-refractivity contribution < 1.29 is 9.59 Å². The van der Waals surface area contributed by atoms with Crippen LogP contribution in [0.15, 0.2) is 47.4 Å². The number of rotatable bonds is 7. The second-order valence-electron chi connectivity index (χ2n) is 5.16. The van der Waals surface area contributed by atoms with Crippen LogP contribution >= 0.6 is 11.8 Å². The van der Waals surface area contributed by atoms with Crippen LogP contribution in [0.3, 0.4) is 0 Å². The zero-order valence-electron chi connectivity index (χ0n) is 13.5. The molecule has 0 saturated heterocycles. The lowest BCUT2D eigenvalue weighted by molar-refractivity contribution is -0.133. The molecule has 23 heavy (non-hydrogen) atoms. The number of carbonyl (C=O) groups excluding carboxylic acids is 2. The van der Waals surface area contributed by atoms with Gasteiger partial charge in [0.1, 0.15) is 0 Å². The fourth-order valence-electron chi connectivity index (χ4n) is 2.30. The third-order valence-electron chi connectivity index (χ3n) is 3.53. The summed E-state index contributed by atoms with van der Waals surface area (Å²) in [6, 6.07) is 14.3. The van der Waals surface area contributed by atoms with Crippen molar-refractivity contribution in [2.24, 2.45) is 0 Å². The quantitative estimate of drug-likeness (QED) is 0.794. The molecule has 2 aromatic rings. The summed E-state index contributed by atoms with van der Waals surface area (Å²) in [5, 5.41) is 5.08. The van der Waals surface area contributed by atoms with Gasteiger partial charge in [0.05, 0.1) is 12.3 Å². The van der Waals surface area contributed by atoms with Crippen LogP contribution in [0, 0.1) is 0 Å². The summed E-state index contributed by atoms with van der Waals surface area (Å²) in [7, 11) is 0. The molecule has 4 nitrogen and oxygen atoms in total. The van der Waals surface area contributed by atoms with E-state index in [2.05, 4.69) is 29.6 Å². The summed E-state index contributed by atoms with van der Waals surface area (Å²) >= 11 is 1.50.